The fourth-order valence-electron chi connectivity index (χ4n) is 11.6. The smallest absolute Gasteiger partial charge is 0.100 e. The van der Waals surface area contributed by atoms with Crippen molar-refractivity contribution in [3.8, 4) is 53.7 Å². The largest absolute Gasteiger partial charge is 0.311 e. The quantitative estimate of drug-likeness (QED) is 0.0751. The number of para-hydroxylation sites is 6. The van der Waals surface area contributed by atoms with E-state index in [-0.39, 0.29) is 16.7 Å². The molecule has 0 unspecified atom stereocenters. The molecular formula is C93H60N6. The van der Waals surface area contributed by atoms with Gasteiger partial charge in [-0.2, -0.15) is 15.8 Å². The Balaban J connectivity index is 0.769. The Labute approximate surface area is 579 Å². The Bertz CT molecular complexity index is 4700. The SMILES string of the molecule is N#Cc1c(/C=C/c2ccc(C#Cc3ccc(N(c4ccccc4)c4ccccc4)cc3)cc2)c(C#N)c(/C=C/c2ccc(C#Cc3ccc(N(c4ccccc4)c4ccccc4)cc3)cc2)c(C#N)c1/C=C/c1ccc(C#Cc2ccc(N(c3ccccc3)c3ccccc3)cc2)cc1. The summed E-state index contributed by atoms with van der Waals surface area (Å²) in [5, 5.41) is 33.2. The zero-order valence-corrected chi connectivity index (χ0v) is 53.8. The molecule has 0 aliphatic heterocycles. The number of nitriles is 3. The van der Waals surface area contributed by atoms with Crippen LogP contribution < -0.4 is 14.7 Å². The molecule has 0 fully saturated rings. The average Bonchev–Trinajstić information content (AvgIpc) is 0.780. The van der Waals surface area contributed by atoms with Crippen LogP contribution in [0.5, 0.6) is 0 Å². The lowest BCUT2D eigenvalue weighted by Gasteiger charge is -2.25. The maximum atomic E-state index is 11.1. The molecule has 13 aromatic carbocycles. The van der Waals surface area contributed by atoms with E-state index in [1.54, 1.807) is 18.2 Å². The predicted molar refractivity (Wildman–Crippen MR) is 408 cm³/mol. The Morgan fingerprint density at radius 3 is 0.515 bits per heavy atom. The van der Waals surface area contributed by atoms with E-state index in [0.717, 1.165) is 101 Å². The summed E-state index contributed by atoms with van der Waals surface area (Å²) in [6.45, 7) is 0. The van der Waals surface area contributed by atoms with Crippen LogP contribution in [-0.4, -0.2) is 0 Å². The first kappa shape index (κ1) is 63.4. The summed E-state index contributed by atoms with van der Waals surface area (Å²) in [5.41, 5.74) is 18.7. The van der Waals surface area contributed by atoms with Crippen molar-refractivity contribution >= 4 is 87.6 Å². The highest BCUT2D eigenvalue weighted by Gasteiger charge is 2.22. The monoisotopic (exact) mass is 1260 g/mol. The Kier molecular flexibility index (Phi) is 19.9. The summed E-state index contributed by atoms with van der Waals surface area (Å²) < 4.78 is 0. The zero-order chi connectivity index (χ0) is 67.4. The van der Waals surface area contributed by atoms with E-state index in [4.69, 9.17) is 0 Å². The molecule has 0 radical (unpaired) electrons. The maximum absolute atomic E-state index is 11.1. The first-order chi connectivity index (χ1) is 48.9. The third kappa shape index (κ3) is 15.5. The number of nitrogens with zero attached hydrogens (tertiary/aromatic N) is 6. The highest BCUT2D eigenvalue weighted by molar-refractivity contribution is 5.91. The Hall–Kier alpha value is -14.4. The van der Waals surface area contributed by atoms with E-state index in [1.807, 2.05) is 237 Å². The summed E-state index contributed by atoms with van der Waals surface area (Å²) in [4.78, 5) is 6.64. The number of rotatable bonds is 15. The van der Waals surface area contributed by atoms with Crippen LogP contribution >= 0.6 is 0 Å². The molecule has 6 nitrogen and oxygen atoms in total. The van der Waals surface area contributed by atoms with Gasteiger partial charge in [0.05, 0.1) is 16.7 Å². The van der Waals surface area contributed by atoms with Crippen LogP contribution in [0.25, 0.3) is 36.5 Å². The maximum Gasteiger partial charge on any atom is 0.100 e. The summed E-state index contributed by atoms with van der Waals surface area (Å²) >= 11 is 0. The zero-order valence-electron chi connectivity index (χ0n) is 53.8. The van der Waals surface area contributed by atoms with Gasteiger partial charge in [0.1, 0.15) is 18.2 Å². The molecule has 13 aromatic rings. The fraction of sp³-hybridized carbons (Fsp3) is 0. The highest BCUT2D eigenvalue weighted by Crippen LogP contribution is 2.38. The van der Waals surface area contributed by atoms with Gasteiger partial charge in [0.15, 0.2) is 0 Å². The molecule has 6 heteroatoms. The van der Waals surface area contributed by atoms with Crippen LogP contribution in [0.2, 0.25) is 0 Å². The van der Waals surface area contributed by atoms with Gasteiger partial charge in [0.2, 0.25) is 0 Å². The molecule has 0 heterocycles. The van der Waals surface area contributed by atoms with Gasteiger partial charge in [-0.3, -0.25) is 0 Å². The van der Waals surface area contributed by atoms with Gasteiger partial charge in [-0.05, 0) is 199 Å². The molecular weight excluding hydrogens is 1200 g/mol. The Morgan fingerprint density at radius 2 is 0.343 bits per heavy atom. The minimum absolute atomic E-state index is 0.198. The summed E-state index contributed by atoms with van der Waals surface area (Å²) in [6, 6.07) is 117. The van der Waals surface area contributed by atoms with Crippen LogP contribution in [0.3, 0.4) is 0 Å². The van der Waals surface area contributed by atoms with Crippen molar-refractivity contribution in [3.63, 3.8) is 0 Å². The number of hydrogen-bond acceptors (Lipinski definition) is 6. The summed E-state index contributed by atoms with van der Waals surface area (Å²) in [7, 11) is 0. The molecule has 0 spiro atoms. The molecule has 0 saturated heterocycles. The minimum Gasteiger partial charge on any atom is -0.311 e. The lowest BCUT2D eigenvalue weighted by molar-refractivity contribution is 1.28. The molecule has 0 aliphatic carbocycles. The first-order valence-electron chi connectivity index (χ1n) is 32.3. The van der Waals surface area contributed by atoms with Crippen LogP contribution in [0, 0.1) is 69.5 Å². The molecule has 0 N–H and O–H groups in total. The number of benzene rings is 13. The molecule has 0 atom stereocenters. The van der Waals surface area contributed by atoms with Crippen molar-refractivity contribution in [2.75, 3.05) is 14.7 Å². The fourth-order valence-corrected chi connectivity index (χ4v) is 11.6. The van der Waals surface area contributed by atoms with Crippen molar-refractivity contribution < 1.29 is 0 Å². The standard InChI is InChI=1S/C93H60N6/c94-67-91-88(64-55-73-40-31-70(32-41-73)37-46-76-49-58-85(59-50-76)97(79-19-7-1-8-20-79)80-21-9-2-10-22-80)92(68-95)90(66-57-75-44-35-72(36-45-75)39-48-78-53-62-87(63-54-78)99(83-27-15-5-16-28-83)84-29-17-6-18-30-84)93(69-96)89(91)65-56-74-42-33-71(34-43-74)38-47-77-51-60-86(61-52-77)98(81-23-11-3-12-24-81)82-25-13-4-14-26-82/h1-36,40-45,49-66H/b64-55+,65-56+,66-57+. The van der Waals surface area contributed by atoms with E-state index < -0.39 is 0 Å². The molecule has 462 valence electrons. The molecule has 0 bridgehead atoms. The average molecular weight is 1260 g/mol. The minimum atomic E-state index is 0.198. The molecule has 0 saturated carbocycles. The van der Waals surface area contributed by atoms with Crippen LogP contribution in [0.1, 0.15) is 83.5 Å². The molecule has 0 amide bonds. The van der Waals surface area contributed by atoms with Crippen LogP contribution in [0.15, 0.2) is 328 Å². The van der Waals surface area contributed by atoms with Gasteiger partial charge in [-0.1, -0.05) is 218 Å². The van der Waals surface area contributed by atoms with Gasteiger partial charge in [0.25, 0.3) is 0 Å². The van der Waals surface area contributed by atoms with Crippen molar-refractivity contribution in [1.82, 2.24) is 0 Å². The van der Waals surface area contributed by atoms with Crippen molar-refractivity contribution in [3.05, 3.63) is 411 Å². The van der Waals surface area contributed by atoms with Crippen LogP contribution in [-0.2, 0) is 0 Å². The highest BCUT2D eigenvalue weighted by atomic mass is 15.2. The van der Waals surface area contributed by atoms with Gasteiger partial charge in [-0.25, -0.2) is 0 Å². The molecule has 0 aromatic heterocycles. The van der Waals surface area contributed by atoms with E-state index in [9.17, 15) is 15.8 Å². The molecule has 0 aliphatic rings. The van der Waals surface area contributed by atoms with Crippen LogP contribution in [0.4, 0.5) is 51.2 Å². The van der Waals surface area contributed by atoms with Gasteiger partial charge in [-0.15, -0.1) is 0 Å². The lowest BCUT2D eigenvalue weighted by Crippen LogP contribution is -2.09. The van der Waals surface area contributed by atoms with Gasteiger partial charge in [0, 0.05) is 101 Å². The summed E-state index contributed by atoms with van der Waals surface area (Å²) in [5.74, 6) is 19.9. The molecule has 13 rings (SSSR count). The molecule has 99 heavy (non-hydrogen) atoms. The normalized spacial score (nSPS) is 10.6. The van der Waals surface area contributed by atoms with E-state index >= 15 is 0 Å². The number of anilines is 9. The van der Waals surface area contributed by atoms with Crippen molar-refractivity contribution in [2.24, 2.45) is 0 Å². The van der Waals surface area contributed by atoms with E-state index in [0.29, 0.717) is 16.7 Å². The van der Waals surface area contributed by atoms with Gasteiger partial charge >= 0.3 is 0 Å². The number of hydrogen-bond donors (Lipinski definition) is 0. The van der Waals surface area contributed by atoms with E-state index in [1.165, 1.54) is 0 Å². The van der Waals surface area contributed by atoms with E-state index in [2.05, 4.69) is 178 Å². The van der Waals surface area contributed by atoms with Gasteiger partial charge < -0.3 is 14.7 Å². The topological polar surface area (TPSA) is 81.1 Å². The second kappa shape index (κ2) is 31.0. The van der Waals surface area contributed by atoms with Crippen molar-refractivity contribution in [2.45, 2.75) is 0 Å². The second-order valence-corrected chi connectivity index (χ2v) is 23.0. The first-order valence-corrected chi connectivity index (χ1v) is 32.3. The predicted octanol–water partition coefficient (Wildman–Crippen LogP) is 22.4. The van der Waals surface area contributed by atoms with Crippen molar-refractivity contribution in [1.29, 1.82) is 15.8 Å². The Morgan fingerprint density at radius 1 is 0.182 bits per heavy atom. The second-order valence-electron chi connectivity index (χ2n) is 23.0. The third-order valence-corrected chi connectivity index (χ3v) is 16.5. The summed E-state index contributed by atoms with van der Waals surface area (Å²) in [6.07, 6.45) is 11.0. The third-order valence-electron chi connectivity index (χ3n) is 16.5. The lowest BCUT2D eigenvalue weighted by atomic mass is 9.86.